The van der Waals surface area contributed by atoms with Gasteiger partial charge in [0.1, 0.15) is 0 Å². The highest BCUT2D eigenvalue weighted by Crippen LogP contribution is 2.31. The van der Waals surface area contributed by atoms with Crippen LogP contribution in [0.3, 0.4) is 0 Å². The number of nitrogens with zero attached hydrogens (tertiary/aromatic N) is 2. The second-order valence-electron chi connectivity index (χ2n) is 5.43. The van der Waals surface area contributed by atoms with Crippen molar-refractivity contribution in [3.8, 4) is 0 Å². The summed E-state index contributed by atoms with van der Waals surface area (Å²) in [5, 5.41) is 19.9. The first kappa shape index (κ1) is 18.6. The maximum absolute atomic E-state index is 14.0. The van der Waals surface area contributed by atoms with Crippen LogP contribution in [0.2, 0.25) is 0 Å². The van der Waals surface area contributed by atoms with Gasteiger partial charge >= 0.3 is 5.97 Å². The Morgan fingerprint density at radius 2 is 2.12 bits per heavy atom. The molecule has 1 unspecified atom stereocenters. The van der Waals surface area contributed by atoms with Crippen molar-refractivity contribution in [3.63, 3.8) is 0 Å². The summed E-state index contributed by atoms with van der Waals surface area (Å²) < 4.78 is 14.0. The Morgan fingerprint density at radius 3 is 2.64 bits per heavy atom. The van der Waals surface area contributed by atoms with E-state index in [-0.39, 0.29) is 34.9 Å². The molecule has 134 valence electrons. The molecule has 0 aromatic heterocycles. The standard InChI is InChI=1S/C14H14FN3O6S/c15-14(13(21)22)3-4-17(7-14)11(19)6-25-10-2-1-8(12(16)20)5-9(10)18(23)24/h1-2,5H,3-4,6-7H2,(H2,16,20)(H,21,22). The van der Waals surface area contributed by atoms with Crippen molar-refractivity contribution in [1.82, 2.24) is 4.90 Å². The number of halogens is 1. The molecule has 1 aliphatic rings. The number of nitro benzene ring substituents is 1. The van der Waals surface area contributed by atoms with Gasteiger partial charge in [-0.2, -0.15) is 0 Å². The largest absolute Gasteiger partial charge is 0.479 e. The predicted molar refractivity (Wildman–Crippen MR) is 85.0 cm³/mol. The highest BCUT2D eigenvalue weighted by molar-refractivity contribution is 8.00. The number of carboxylic acids is 1. The predicted octanol–water partition coefficient (Wildman–Crippen LogP) is 0.811. The second kappa shape index (κ2) is 7.05. The van der Waals surface area contributed by atoms with E-state index in [2.05, 4.69) is 0 Å². The Bertz CT molecular complexity index is 758. The number of amides is 2. The lowest BCUT2D eigenvalue weighted by Crippen LogP contribution is -2.39. The minimum absolute atomic E-state index is 0.0365. The lowest BCUT2D eigenvalue weighted by molar-refractivity contribution is -0.387. The van der Waals surface area contributed by atoms with Crippen LogP contribution >= 0.6 is 11.8 Å². The first-order valence-corrected chi connectivity index (χ1v) is 8.04. The number of hydrogen-bond donors (Lipinski definition) is 2. The zero-order chi connectivity index (χ0) is 18.8. The minimum atomic E-state index is -2.46. The van der Waals surface area contributed by atoms with Gasteiger partial charge in [-0.3, -0.25) is 19.7 Å². The number of benzene rings is 1. The van der Waals surface area contributed by atoms with E-state index < -0.39 is 34.9 Å². The molecule has 0 radical (unpaired) electrons. The number of aliphatic carboxylic acids is 1. The number of thioether (sulfide) groups is 1. The molecular weight excluding hydrogens is 357 g/mol. The van der Waals surface area contributed by atoms with Crippen molar-refractivity contribution in [2.45, 2.75) is 17.0 Å². The molecule has 25 heavy (non-hydrogen) atoms. The van der Waals surface area contributed by atoms with Crippen LogP contribution in [0.4, 0.5) is 10.1 Å². The number of nitrogens with two attached hydrogens (primary N) is 1. The van der Waals surface area contributed by atoms with Gasteiger partial charge in [0, 0.05) is 24.6 Å². The summed E-state index contributed by atoms with van der Waals surface area (Å²) in [5.74, 6) is -3.19. The van der Waals surface area contributed by atoms with E-state index in [1.807, 2.05) is 0 Å². The average Bonchev–Trinajstić information content (AvgIpc) is 2.96. The molecule has 0 bridgehead atoms. The first-order valence-electron chi connectivity index (χ1n) is 7.05. The maximum atomic E-state index is 14.0. The smallest absolute Gasteiger partial charge is 0.343 e. The molecular formula is C14H14FN3O6S. The molecule has 1 aromatic rings. The molecule has 1 fully saturated rings. The zero-order valence-corrected chi connectivity index (χ0v) is 13.6. The fourth-order valence-corrected chi connectivity index (χ4v) is 3.23. The van der Waals surface area contributed by atoms with Gasteiger partial charge in [0.15, 0.2) is 0 Å². The molecule has 9 nitrogen and oxygen atoms in total. The highest BCUT2D eigenvalue weighted by atomic mass is 32.2. The van der Waals surface area contributed by atoms with Crippen molar-refractivity contribution in [2.24, 2.45) is 5.73 Å². The fourth-order valence-electron chi connectivity index (χ4n) is 2.33. The van der Waals surface area contributed by atoms with Gasteiger partial charge in [0.25, 0.3) is 5.69 Å². The molecule has 2 amide bonds. The Labute approximate surface area is 145 Å². The van der Waals surface area contributed by atoms with E-state index in [0.29, 0.717) is 0 Å². The Kier molecular flexibility index (Phi) is 5.26. The molecule has 1 heterocycles. The molecule has 0 aliphatic carbocycles. The maximum Gasteiger partial charge on any atom is 0.343 e. The third-order valence-electron chi connectivity index (χ3n) is 3.75. The van der Waals surface area contributed by atoms with Gasteiger partial charge in [-0.25, -0.2) is 9.18 Å². The van der Waals surface area contributed by atoms with Crippen LogP contribution < -0.4 is 5.73 Å². The summed E-state index contributed by atoms with van der Waals surface area (Å²) in [6, 6.07) is 3.62. The van der Waals surface area contributed by atoms with E-state index in [1.54, 1.807) is 0 Å². The number of alkyl halides is 1. The Balaban J connectivity index is 2.06. The van der Waals surface area contributed by atoms with Crippen LogP contribution in [0.5, 0.6) is 0 Å². The van der Waals surface area contributed by atoms with Crippen LogP contribution in [0.25, 0.3) is 0 Å². The van der Waals surface area contributed by atoms with Crippen LogP contribution in [-0.4, -0.2) is 57.2 Å². The van der Waals surface area contributed by atoms with E-state index in [0.717, 1.165) is 22.7 Å². The van der Waals surface area contributed by atoms with Crippen LogP contribution in [0.15, 0.2) is 23.1 Å². The first-order chi connectivity index (χ1) is 11.6. The summed E-state index contributed by atoms with van der Waals surface area (Å²) in [7, 11) is 0. The van der Waals surface area contributed by atoms with Crippen LogP contribution in [-0.2, 0) is 9.59 Å². The minimum Gasteiger partial charge on any atom is -0.479 e. The number of primary amides is 1. The van der Waals surface area contributed by atoms with Gasteiger partial charge in [0.05, 0.1) is 22.1 Å². The lowest BCUT2D eigenvalue weighted by atomic mass is 10.1. The highest BCUT2D eigenvalue weighted by Gasteiger charge is 2.46. The number of carbonyl (C=O) groups excluding carboxylic acids is 2. The SMILES string of the molecule is NC(=O)c1ccc(SCC(=O)N2CCC(F)(C(=O)O)C2)c([N+](=O)[O-])c1. The van der Waals surface area contributed by atoms with E-state index in [1.165, 1.54) is 12.1 Å². The number of rotatable bonds is 6. The number of carboxylic acid groups (broad SMARTS) is 1. The average molecular weight is 371 g/mol. The van der Waals surface area contributed by atoms with Crippen LogP contribution in [0.1, 0.15) is 16.8 Å². The number of likely N-dealkylation sites (tertiary alicyclic amines) is 1. The van der Waals surface area contributed by atoms with Crippen molar-refractivity contribution in [2.75, 3.05) is 18.8 Å². The Hall–Kier alpha value is -2.69. The summed E-state index contributed by atoms with van der Waals surface area (Å²) in [4.78, 5) is 45.6. The Morgan fingerprint density at radius 1 is 1.44 bits per heavy atom. The van der Waals surface area contributed by atoms with E-state index in [9.17, 15) is 28.9 Å². The molecule has 0 saturated carbocycles. The summed E-state index contributed by atoms with van der Waals surface area (Å²) in [6.07, 6.45) is -0.299. The van der Waals surface area contributed by atoms with Gasteiger partial charge in [-0.05, 0) is 12.1 Å². The summed E-state index contributed by atoms with van der Waals surface area (Å²) >= 11 is 0.844. The molecule has 11 heteroatoms. The van der Waals surface area contributed by atoms with Crippen molar-refractivity contribution < 1.29 is 28.8 Å². The third-order valence-corrected chi connectivity index (χ3v) is 4.79. The molecule has 1 saturated heterocycles. The van der Waals surface area contributed by atoms with Crippen molar-refractivity contribution >= 4 is 35.2 Å². The summed E-state index contributed by atoms with van der Waals surface area (Å²) in [6.45, 7) is -0.588. The monoisotopic (exact) mass is 371 g/mol. The third kappa shape index (κ3) is 4.05. The van der Waals surface area contributed by atoms with Gasteiger partial charge in [-0.1, -0.05) is 0 Å². The molecule has 2 rings (SSSR count). The van der Waals surface area contributed by atoms with Crippen molar-refractivity contribution in [3.05, 3.63) is 33.9 Å². The molecule has 1 aromatic carbocycles. The number of carbonyl (C=O) groups is 3. The zero-order valence-electron chi connectivity index (χ0n) is 12.8. The van der Waals surface area contributed by atoms with Gasteiger partial charge < -0.3 is 15.7 Å². The number of hydrogen-bond acceptors (Lipinski definition) is 6. The van der Waals surface area contributed by atoms with Crippen LogP contribution in [0, 0.1) is 10.1 Å². The van der Waals surface area contributed by atoms with Gasteiger partial charge in [0.2, 0.25) is 17.5 Å². The van der Waals surface area contributed by atoms with Crippen molar-refractivity contribution in [1.29, 1.82) is 0 Å². The number of nitro groups is 1. The lowest BCUT2D eigenvalue weighted by Gasteiger charge is -2.17. The normalized spacial score (nSPS) is 19.6. The molecule has 1 aliphatic heterocycles. The van der Waals surface area contributed by atoms with E-state index >= 15 is 0 Å². The molecule has 3 N–H and O–H groups in total. The quantitative estimate of drug-likeness (QED) is 0.428. The van der Waals surface area contributed by atoms with E-state index in [4.69, 9.17) is 10.8 Å². The molecule has 1 atom stereocenters. The van der Waals surface area contributed by atoms with Gasteiger partial charge in [-0.15, -0.1) is 11.8 Å². The topological polar surface area (TPSA) is 144 Å². The fraction of sp³-hybridized carbons (Fsp3) is 0.357. The second-order valence-corrected chi connectivity index (χ2v) is 6.45. The summed E-state index contributed by atoms with van der Waals surface area (Å²) in [5.41, 5.74) is 2.20. The molecule has 0 spiro atoms.